The van der Waals surface area contributed by atoms with Gasteiger partial charge in [-0.2, -0.15) is 0 Å². The number of fused-ring (bicyclic) bond motifs is 1. The van der Waals surface area contributed by atoms with E-state index in [0.29, 0.717) is 17.9 Å². The second kappa shape index (κ2) is 7.01. The summed E-state index contributed by atoms with van der Waals surface area (Å²) in [6, 6.07) is 8.42. The molecule has 0 radical (unpaired) electrons. The summed E-state index contributed by atoms with van der Waals surface area (Å²) in [5.41, 5.74) is 1.75. The Labute approximate surface area is 146 Å². The summed E-state index contributed by atoms with van der Waals surface area (Å²) in [6.07, 6.45) is 0.896. The molecule has 0 saturated heterocycles. The van der Waals surface area contributed by atoms with Crippen LogP contribution in [0, 0.1) is 5.82 Å². The summed E-state index contributed by atoms with van der Waals surface area (Å²) in [5.74, 6) is 0.912. The van der Waals surface area contributed by atoms with E-state index in [2.05, 4.69) is 4.72 Å². The zero-order valence-electron chi connectivity index (χ0n) is 14.1. The number of sulfonamides is 1. The van der Waals surface area contributed by atoms with Crippen LogP contribution in [0.4, 0.5) is 4.39 Å². The highest BCUT2D eigenvalue weighted by atomic mass is 32.2. The Morgan fingerprint density at radius 1 is 1.28 bits per heavy atom. The molecule has 0 spiro atoms. The van der Waals surface area contributed by atoms with Crippen LogP contribution in [0.1, 0.15) is 25.0 Å². The van der Waals surface area contributed by atoms with Crippen molar-refractivity contribution in [3.8, 4) is 11.5 Å². The standard InChI is InChI=1S/C18H20FNO4S/c1-3-23-17-9-13-8-12(2)24-18(13)10-14(17)11-20-25(21,22)16-6-4-15(19)5-7-16/h4-7,9-10,12,20H,3,8,11H2,1-2H3. The molecule has 2 aromatic rings. The highest BCUT2D eigenvalue weighted by Crippen LogP contribution is 2.35. The minimum Gasteiger partial charge on any atom is -0.494 e. The van der Waals surface area contributed by atoms with Gasteiger partial charge in [0.1, 0.15) is 23.4 Å². The van der Waals surface area contributed by atoms with E-state index in [1.54, 1.807) is 0 Å². The Hall–Kier alpha value is -2.12. The van der Waals surface area contributed by atoms with Crippen LogP contribution in [0.15, 0.2) is 41.3 Å². The first-order valence-corrected chi connectivity index (χ1v) is 9.58. The molecule has 5 nitrogen and oxygen atoms in total. The number of hydrogen-bond donors (Lipinski definition) is 1. The fraction of sp³-hybridized carbons (Fsp3) is 0.333. The normalized spacial score (nSPS) is 16.4. The summed E-state index contributed by atoms with van der Waals surface area (Å²) in [6.45, 7) is 4.39. The molecule has 0 aliphatic carbocycles. The maximum Gasteiger partial charge on any atom is 0.240 e. The first-order chi connectivity index (χ1) is 11.9. The van der Waals surface area contributed by atoms with Gasteiger partial charge in [-0.05, 0) is 50.2 Å². The number of rotatable bonds is 6. The molecule has 0 amide bonds. The summed E-state index contributed by atoms with van der Waals surface area (Å²) in [4.78, 5) is 0.0119. The second-order valence-electron chi connectivity index (χ2n) is 5.91. The lowest BCUT2D eigenvalue weighted by molar-refractivity contribution is 0.254. The van der Waals surface area contributed by atoms with Crippen molar-refractivity contribution in [3.05, 3.63) is 53.3 Å². The molecule has 0 bridgehead atoms. The molecular formula is C18H20FNO4S. The second-order valence-corrected chi connectivity index (χ2v) is 7.68. The van der Waals surface area contributed by atoms with Crippen molar-refractivity contribution < 1.29 is 22.3 Å². The predicted octanol–water partition coefficient (Wildman–Crippen LogP) is 3.03. The van der Waals surface area contributed by atoms with Gasteiger partial charge in [0, 0.05) is 24.1 Å². The van der Waals surface area contributed by atoms with Crippen LogP contribution in [-0.4, -0.2) is 21.1 Å². The average molecular weight is 365 g/mol. The molecule has 2 aromatic carbocycles. The lowest BCUT2D eigenvalue weighted by Crippen LogP contribution is -2.23. The van der Waals surface area contributed by atoms with Crippen molar-refractivity contribution in [3.63, 3.8) is 0 Å². The van der Waals surface area contributed by atoms with Gasteiger partial charge in [-0.15, -0.1) is 0 Å². The molecule has 1 N–H and O–H groups in total. The molecule has 0 saturated carbocycles. The molecule has 1 atom stereocenters. The molecule has 7 heteroatoms. The van der Waals surface area contributed by atoms with Crippen molar-refractivity contribution in [1.29, 1.82) is 0 Å². The molecule has 0 aromatic heterocycles. The van der Waals surface area contributed by atoms with E-state index >= 15 is 0 Å². The van der Waals surface area contributed by atoms with Crippen molar-refractivity contribution in [2.24, 2.45) is 0 Å². The largest absolute Gasteiger partial charge is 0.494 e. The Morgan fingerprint density at radius 2 is 2.00 bits per heavy atom. The quantitative estimate of drug-likeness (QED) is 0.855. The Bertz CT molecular complexity index is 865. The van der Waals surface area contributed by atoms with E-state index in [0.717, 1.165) is 29.9 Å². The van der Waals surface area contributed by atoms with Gasteiger partial charge in [-0.1, -0.05) is 0 Å². The Kier molecular flexibility index (Phi) is 4.96. The van der Waals surface area contributed by atoms with Crippen LogP contribution in [0.5, 0.6) is 11.5 Å². The van der Waals surface area contributed by atoms with Crippen LogP contribution >= 0.6 is 0 Å². The van der Waals surface area contributed by atoms with Crippen LogP contribution < -0.4 is 14.2 Å². The molecule has 1 aliphatic heterocycles. The lowest BCUT2D eigenvalue weighted by atomic mass is 10.1. The summed E-state index contributed by atoms with van der Waals surface area (Å²) < 4.78 is 51.6. The van der Waals surface area contributed by atoms with Crippen molar-refractivity contribution in [2.75, 3.05) is 6.61 Å². The molecule has 1 heterocycles. The first kappa shape index (κ1) is 17.7. The molecule has 1 aliphatic rings. The van der Waals surface area contributed by atoms with Gasteiger partial charge in [0.25, 0.3) is 0 Å². The maximum atomic E-state index is 13.0. The van der Waals surface area contributed by atoms with E-state index in [1.165, 1.54) is 12.1 Å². The van der Waals surface area contributed by atoms with Crippen molar-refractivity contribution in [1.82, 2.24) is 4.72 Å². The average Bonchev–Trinajstić information content (AvgIpc) is 2.92. The van der Waals surface area contributed by atoms with Crippen LogP contribution in [0.25, 0.3) is 0 Å². The van der Waals surface area contributed by atoms with E-state index in [-0.39, 0.29) is 17.5 Å². The molecule has 134 valence electrons. The number of benzene rings is 2. The molecular weight excluding hydrogens is 345 g/mol. The smallest absolute Gasteiger partial charge is 0.240 e. The number of ether oxygens (including phenoxy) is 2. The third-order valence-electron chi connectivity index (χ3n) is 3.96. The molecule has 0 fully saturated rings. The van der Waals surface area contributed by atoms with Crippen LogP contribution in [0.2, 0.25) is 0 Å². The van der Waals surface area contributed by atoms with E-state index in [4.69, 9.17) is 9.47 Å². The Morgan fingerprint density at radius 3 is 2.68 bits per heavy atom. The third kappa shape index (κ3) is 3.93. The van der Waals surface area contributed by atoms with Gasteiger partial charge in [-0.3, -0.25) is 0 Å². The van der Waals surface area contributed by atoms with Gasteiger partial charge in [0.2, 0.25) is 10.0 Å². The van der Waals surface area contributed by atoms with Gasteiger partial charge in [0.15, 0.2) is 0 Å². The fourth-order valence-corrected chi connectivity index (χ4v) is 3.79. The monoisotopic (exact) mass is 365 g/mol. The van der Waals surface area contributed by atoms with E-state index in [1.807, 2.05) is 26.0 Å². The van der Waals surface area contributed by atoms with Gasteiger partial charge in [-0.25, -0.2) is 17.5 Å². The predicted molar refractivity (Wildman–Crippen MR) is 91.8 cm³/mol. The fourth-order valence-electron chi connectivity index (χ4n) is 2.78. The van der Waals surface area contributed by atoms with Crippen molar-refractivity contribution in [2.45, 2.75) is 37.8 Å². The third-order valence-corrected chi connectivity index (χ3v) is 5.37. The molecule has 25 heavy (non-hydrogen) atoms. The summed E-state index contributed by atoms with van der Waals surface area (Å²) >= 11 is 0. The zero-order chi connectivity index (χ0) is 18.0. The van der Waals surface area contributed by atoms with Gasteiger partial charge in [0.05, 0.1) is 11.5 Å². The van der Waals surface area contributed by atoms with E-state index < -0.39 is 15.8 Å². The molecule has 1 unspecified atom stereocenters. The highest BCUT2D eigenvalue weighted by molar-refractivity contribution is 7.89. The topological polar surface area (TPSA) is 64.6 Å². The first-order valence-electron chi connectivity index (χ1n) is 8.09. The minimum atomic E-state index is -3.74. The molecule has 3 rings (SSSR count). The Balaban J connectivity index is 1.82. The van der Waals surface area contributed by atoms with Gasteiger partial charge < -0.3 is 9.47 Å². The van der Waals surface area contributed by atoms with E-state index in [9.17, 15) is 12.8 Å². The minimum absolute atomic E-state index is 0.0119. The number of hydrogen-bond acceptors (Lipinski definition) is 4. The summed E-state index contributed by atoms with van der Waals surface area (Å²) in [7, 11) is -3.74. The number of nitrogens with one attached hydrogen (secondary N) is 1. The lowest BCUT2D eigenvalue weighted by Gasteiger charge is -2.13. The zero-order valence-corrected chi connectivity index (χ0v) is 14.9. The maximum absolute atomic E-state index is 13.0. The highest BCUT2D eigenvalue weighted by Gasteiger charge is 2.23. The van der Waals surface area contributed by atoms with Crippen molar-refractivity contribution >= 4 is 10.0 Å². The SMILES string of the molecule is CCOc1cc2c(cc1CNS(=O)(=O)c1ccc(F)cc1)OC(C)C2. The number of halogens is 1. The van der Waals surface area contributed by atoms with Crippen LogP contribution in [-0.2, 0) is 23.0 Å². The van der Waals surface area contributed by atoms with Crippen LogP contribution in [0.3, 0.4) is 0 Å². The van der Waals surface area contributed by atoms with Gasteiger partial charge >= 0.3 is 0 Å². The summed E-state index contributed by atoms with van der Waals surface area (Å²) in [5, 5.41) is 0.